The zero-order valence-corrected chi connectivity index (χ0v) is 17.8. The number of hydrogen-bond donors (Lipinski definition) is 1. The van der Waals surface area contributed by atoms with E-state index in [1.165, 1.54) is 5.69 Å². The highest BCUT2D eigenvalue weighted by atomic mass is 127. The maximum atomic E-state index is 5.89. The molecule has 2 aromatic rings. The number of rotatable bonds is 7. The second kappa shape index (κ2) is 11.0. The van der Waals surface area contributed by atoms with Crippen LogP contribution in [0.5, 0.6) is 5.75 Å². The summed E-state index contributed by atoms with van der Waals surface area (Å²) in [5.41, 5.74) is 1.25. The number of nitrogens with one attached hydrogen (secondary N) is 1. The highest BCUT2D eigenvalue weighted by molar-refractivity contribution is 14.0. The number of para-hydroxylation sites is 1. The summed E-state index contributed by atoms with van der Waals surface area (Å²) >= 11 is 0. The first-order valence-electron chi connectivity index (χ1n) is 8.41. The molecule has 1 aromatic carbocycles. The molecular formula is C19H29IN4O. The van der Waals surface area contributed by atoms with Crippen molar-refractivity contribution in [3.8, 4) is 5.75 Å². The third kappa shape index (κ3) is 6.97. The summed E-state index contributed by atoms with van der Waals surface area (Å²) in [5.74, 6) is 1.77. The van der Waals surface area contributed by atoms with E-state index in [0.717, 1.165) is 24.8 Å². The normalized spacial score (nSPS) is 12.2. The summed E-state index contributed by atoms with van der Waals surface area (Å²) in [6.07, 6.45) is 2.08. The lowest BCUT2D eigenvalue weighted by molar-refractivity contribution is 0.229. The Hall–Kier alpha value is -1.70. The second-order valence-corrected chi connectivity index (χ2v) is 5.90. The Kier molecular flexibility index (Phi) is 9.41. The maximum Gasteiger partial charge on any atom is 0.194 e. The summed E-state index contributed by atoms with van der Waals surface area (Å²) in [7, 11) is 4.11. The minimum Gasteiger partial charge on any atom is -0.489 e. The molecule has 0 spiro atoms. The fourth-order valence-electron chi connectivity index (χ4n) is 2.43. The van der Waals surface area contributed by atoms with Crippen molar-refractivity contribution in [2.24, 2.45) is 12.0 Å². The molecule has 0 saturated heterocycles. The van der Waals surface area contributed by atoms with Crippen LogP contribution in [-0.4, -0.2) is 41.7 Å². The molecule has 1 heterocycles. The van der Waals surface area contributed by atoms with Crippen molar-refractivity contribution in [2.45, 2.75) is 26.5 Å². The third-order valence-corrected chi connectivity index (χ3v) is 3.73. The Morgan fingerprint density at radius 2 is 1.96 bits per heavy atom. The third-order valence-electron chi connectivity index (χ3n) is 3.73. The number of halogens is 1. The molecule has 6 heteroatoms. The van der Waals surface area contributed by atoms with E-state index in [-0.39, 0.29) is 30.1 Å². The molecule has 2 rings (SSSR count). The summed E-state index contributed by atoms with van der Waals surface area (Å²) < 4.78 is 8.02. The number of aryl methyl sites for hydroxylation is 1. The van der Waals surface area contributed by atoms with Crippen molar-refractivity contribution in [3.63, 3.8) is 0 Å². The number of hydrogen-bond acceptors (Lipinski definition) is 2. The van der Waals surface area contributed by atoms with E-state index in [4.69, 9.17) is 9.73 Å². The number of aromatic nitrogens is 1. The molecule has 0 bridgehead atoms. The largest absolute Gasteiger partial charge is 0.489 e. The quantitative estimate of drug-likeness (QED) is 0.394. The van der Waals surface area contributed by atoms with Crippen molar-refractivity contribution in [3.05, 3.63) is 54.4 Å². The van der Waals surface area contributed by atoms with Gasteiger partial charge in [0.15, 0.2) is 5.96 Å². The standard InChI is InChI=1S/C19H28N4O.HI/c1-5-20-19(23(4)15-17-10-9-13-22(17)3)21-14-16(2)24-18-11-7-6-8-12-18;/h6-13,16H,5,14-15H2,1-4H3,(H,20,21);1H. The van der Waals surface area contributed by atoms with E-state index in [9.17, 15) is 0 Å². The molecule has 1 aromatic heterocycles. The Morgan fingerprint density at radius 1 is 1.24 bits per heavy atom. The van der Waals surface area contributed by atoms with Gasteiger partial charge in [-0.15, -0.1) is 24.0 Å². The minimum absolute atomic E-state index is 0. The van der Waals surface area contributed by atoms with Crippen LogP contribution in [0.1, 0.15) is 19.5 Å². The van der Waals surface area contributed by atoms with Crippen molar-refractivity contribution in [1.82, 2.24) is 14.8 Å². The Bertz CT molecular complexity index is 642. The van der Waals surface area contributed by atoms with Crippen LogP contribution in [0.15, 0.2) is 53.7 Å². The van der Waals surface area contributed by atoms with Crippen molar-refractivity contribution >= 4 is 29.9 Å². The van der Waals surface area contributed by atoms with Gasteiger partial charge >= 0.3 is 0 Å². The first kappa shape index (κ1) is 21.3. The topological polar surface area (TPSA) is 41.8 Å². The maximum absolute atomic E-state index is 5.89. The predicted octanol–water partition coefficient (Wildman–Crippen LogP) is 3.51. The number of benzene rings is 1. The van der Waals surface area contributed by atoms with Crippen molar-refractivity contribution in [2.75, 3.05) is 20.1 Å². The summed E-state index contributed by atoms with van der Waals surface area (Å²) in [6, 6.07) is 14.0. The van der Waals surface area contributed by atoms with Crippen LogP contribution in [-0.2, 0) is 13.6 Å². The number of ether oxygens (including phenoxy) is 1. The van der Waals surface area contributed by atoms with Gasteiger partial charge in [-0.2, -0.15) is 0 Å². The Labute approximate surface area is 168 Å². The first-order valence-corrected chi connectivity index (χ1v) is 8.41. The molecule has 0 radical (unpaired) electrons. The molecule has 5 nitrogen and oxygen atoms in total. The van der Waals surface area contributed by atoms with Gasteiger partial charge in [0, 0.05) is 32.5 Å². The first-order chi connectivity index (χ1) is 11.6. The summed E-state index contributed by atoms with van der Waals surface area (Å²) in [5, 5.41) is 3.34. The highest BCUT2D eigenvalue weighted by Gasteiger charge is 2.10. The molecule has 0 aliphatic rings. The van der Waals surface area contributed by atoms with E-state index in [2.05, 4.69) is 54.1 Å². The molecule has 0 amide bonds. The van der Waals surface area contributed by atoms with Gasteiger partial charge in [-0.25, -0.2) is 4.99 Å². The fraction of sp³-hybridized carbons (Fsp3) is 0.421. The average Bonchev–Trinajstić information content (AvgIpc) is 2.97. The lowest BCUT2D eigenvalue weighted by Gasteiger charge is -2.23. The molecule has 0 aliphatic carbocycles. The van der Waals surface area contributed by atoms with Gasteiger partial charge in [0.2, 0.25) is 0 Å². The lowest BCUT2D eigenvalue weighted by Crippen LogP contribution is -2.39. The van der Waals surface area contributed by atoms with Crippen LogP contribution < -0.4 is 10.1 Å². The smallest absolute Gasteiger partial charge is 0.194 e. The van der Waals surface area contributed by atoms with Crippen LogP contribution in [0.2, 0.25) is 0 Å². The molecule has 138 valence electrons. The van der Waals surface area contributed by atoms with E-state index < -0.39 is 0 Å². The van der Waals surface area contributed by atoms with Gasteiger partial charge in [-0.3, -0.25) is 0 Å². The van der Waals surface area contributed by atoms with Crippen molar-refractivity contribution in [1.29, 1.82) is 0 Å². The van der Waals surface area contributed by atoms with E-state index >= 15 is 0 Å². The monoisotopic (exact) mass is 456 g/mol. The van der Waals surface area contributed by atoms with Crippen LogP contribution >= 0.6 is 24.0 Å². The van der Waals surface area contributed by atoms with Crippen LogP contribution in [0.25, 0.3) is 0 Å². The number of aliphatic imine (C=N–C) groups is 1. The van der Waals surface area contributed by atoms with Gasteiger partial charge in [0.25, 0.3) is 0 Å². The van der Waals surface area contributed by atoms with Crippen LogP contribution in [0.3, 0.4) is 0 Å². The predicted molar refractivity (Wildman–Crippen MR) is 115 cm³/mol. The molecule has 1 unspecified atom stereocenters. The molecule has 1 atom stereocenters. The lowest BCUT2D eigenvalue weighted by atomic mass is 10.3. The van der Waals surface area contributed by atoms with Gasteiger partial charge in [0.1, 0.15) is 11.9 Å². The van der Waals surface area contributed by atoms with E-state index in [1.54, 1.807) is 0 Å². The zero-order chi connectivity index (χ0) is 17.4. The molecule has 25 heavy (non-hydrogen) atoms. The minimum atomic E-state index is 0. The fourth-order valence-corrected chi connectivity index (χ4v) is 2.43. The van der Waals surface area contributed by atoms with Crippen molar-refractivity contribution < 1.29 is 4.74 Å². The average molecular weight is 456 g/mol. The number of guanidine groups is 1. The molecule has 0 saturated carbocycles. The molecule has 1 N–H and O–H groups in total. The Balaban J connectivity index is 0.00000312. The van der Waals surface area contributed by atoms with E-state index in [0.29, 0.717) is 6.54 Å². The summed E-state index contributed by atoms with van der Waals surface area (Å²) in [4.78, 5) is 6.85. The Morgan fingerprint density at radius 3 is 2.56 bits per heavy atom. The second-order valence-electron chi connectivity index (χ2n) is 5.90. The molecule has 0 aliphatic heterocycles. The van der Waals surface area contributed by atoms with Gasteiger partial charge < -0.3 is 19.5 Å². The van der Waals surface area contributed by atoms with Gasteiger partial charge in [-0.1, -0.05) is 18.2 Å². The van der Waals surface area contributed by atoms with E-state index in [1.807, 2.05) is 37.3 Å². The molecule has 0 fully saturated rings. The zero-order valence-electron chi connectivity index (χ0n) is 15.5. The SMILES string of the molecule is CCNC(=NCC(C)Oc1ccccc1)N(C)Cc1cccn1C.I. The molecular weight excluding hydrogens is 427 g/mol. The summed E-state index contributed by atoms with van der Waals surface area (Å²) in [6.45, 7) is 6.37. The van der Waals surface area contributed by atoms with Gasteiger partial charge in [-0.05, 0) is 38.1 Å². The number of nitrogens with zero attached hydrogens (tertiary/aromatic N) is 3. The van der Waals surface area contributed by atoms with Crippen LogP contribution in [0.4, 0.5) is 0 Å². The highest BCUT2D eigenvalue weighted by Crippen LogP contribution is 2.11. The van der Waals surface area contributed by atoms with Gasteiger partial charge in [0.05, 0.1) is 13.1 Å². The van der Waals surface area contributed by atoms with Crippen LogP contribution in [0, 0.1) is 0 Å².